The summed E-state index contributed by atoms with van der Waals surface area (Å²) in [5, 5.41) is 26.7. The molecule has 0 rings (SSSR count). The first-order chi connectivity index (χ1) is 4.45. The molecular formula is C6H15NO3. The number of rotatable bonds is 3. The summed E-state index contributed by atoms with van der Waals surface area (Å²) in [5.41, 5.74) is 0.836. The van der Waals surface area contributed by atoms with Gasteiger partial charge in [0, 0.05) is 0 Å². The average molecular weight is 149 g/mol. The lowest BCUT2D eigenvalue weighted by atomic mass is 9.91. The summed E-state index contributed by atoms with van der Waals surface area (Å²) < 4.78 is 0. The minimum absolute atomic E-state index is 0.808. The van der Waals surface area contributed by atoms with Crippen molar-refractivity contribution in [1.29, 1.82) is 0 Å². The average Bonchev–Trinajstić information content (AvgIpc) is 1.85. The third-order valence-electron chi connectivity index (χ3n) is 1.98. The van der Waals surface area contributed by atoms with Gasteiger partial charge in [0.2, 0.25) is 0 Å². The van der Waals surface area contributed by atoms with Crippen molar-refractivity contribution in [2.75, 3.05) is 0 Å². The zero-order chi connectivity index (χ0) is 8.36. The molecule has 0 aromatic heterocycles. The zero-order valence-electron chi connectivity index (χ0n) is 6.50. The van der Waals surface area contributed by atoms with Crippen LogP contribution in [0.15, 0.2) is 0 Å². The van der Waals surface area contributed by atoms with Crippen LogP contribution in [0, 0.1) is 0 Å². The Labute approximate surface area is 60.5 Å². The minimum Gasteiger partial charge on any atom is -0.391 e. The van der Waals surface area contributed by atoms with Gasteiger partial charge in [0.15, 0.2) is 0 Å². The highest BCUT2D eigenvalue weighted by atomic mass is 16.5. The number of hydrogen-bond acceptors (Lipinski definition) is 4. The maximum absolute atomic E-state index is 9.06. The summed E-state index contributed by atoms with van der Waals surface area (Å²) in [4.78, 5) is 0. The van der Waals surface area contributed by atoms with E-state index in [0.29, 0.717) is 0 Å². The fourth-order valence-electron chi connectivity index (χ4n) is 0.536. The summed E-state index contributed by atoms with van der Waals surface area (Å²) in [7, 11) is 0. The maximum Gasteiger partial charge on any atom is 0.0912 e. The molecule has 0 radical (unpaired) electrons. The second kappa shape index (κ2) is 3.30. The van der Waals surface area contributed by atoms with Gasteiger partial charge in [-0.3, -0.25) is 0 Å². The Bertz CT molecular complexity index is 95.2. The second-order valence-electron chi connectivity index (χ2n) is 2.75. The lowest BCUT2D eigenvalue weighted by Crippen LogP contribution is -2.57. The molecule has 0 bridgehead atoms. The van der Waals surface area contributed by atoms with Crippen LogP contribution in [0.4, 0.5) is 0 Å². The van der Waals surface area contributed by atoms with E-state index in [9.17, 15) is 0 Å². The predicted octanol–water partition coefficient (Wildman–Crippen LogP) is -0.515. The normalized spacial score (nSPS) is 23.4. The lowest BCUT2D eigenvalue weighted by molar-refractivity contribution is -0.0728. The van der Waals surface area contributed by atoms with Gasteiger partial charge < -0.3 is 15.4 Å². The smallest absolute Gasteiger partial charge is 0.0912 e. The summed E-state index contributed by atoms with van der Waals surface area (Å²) in [6.45, 7) is 4.52. The van der Waals surface area contributed by atoms with E-state index < -0.39 is 17.7 Å². The molecular weight excluding hydrogens is 134 g/mol. The molecule has 4 N–H and O–H groups in total. The molecule has 0 aliphatic carbocycles. The lowest BCUT2D eigenvalue weighted by Gasteiger charge is -2.33. The molecule has 0 saturated carbocycles. The first kappa shape index (κ1) is 9.84. The fraction of sp³-hybridized carbons (Fsp3) is 1.00. The maximum atomic E-state index is 9.06. The van der Waals surface area contributed by atoms with Crippen LogP contribution >= 0.6 is 0 Å². The molecule has 0 saturated heterocycles. The van der Waals surface area contributed by atoms with Gasteiger partial charge in [0.1, 0.15) is 0 Å². The molecule has 0 aliphatic heterocycles. The molecule has 0 spiro atoms. The van der Waals surface area contributed by atoms with E-state index in [-0.39, 0.29) is 0 Å². The summed E-state index contributed by atoms with van der Waals surface area (Å²) in [5.74, 6) is 0. The quantitative estimate of drug-likeness (QED) is 0.408. The van der Waals surface area contributed by atoms with Crippen LogP contribution in [-0.2, 0) is 0 Å². The van der Waals surface area contributed by atoms with Crippen molar-refractivity contribution >= 4 is 0 Å². The number of hydrogen-bond donors (Lipinski definition) is 4. The van der Waals surface area contributed by atoms with E-state index in [1.807, 2.05) is 5.48 Å². The van der Waals surface area contributed by atoms with Crippen molar-refractivity contribution in [2.24, 2.45) is 0 Å². The Balaban J connectivity index is 4.23. The largest absolute Gasteiger partial charge is 0.391 e. The third-order valence-corrected chi connectivity index (χ3v) is 1.98. The molecule has 4 nitrogen and oxygen atoms in total. The summed E-state index contributed by atoms with van der Waals surface area (Å²) in [6, 6.07) is 0. The Morgan fingerprint density at radius 1 is 1.20 bits per heavy atom. The Morgan fingerprint density at radius 2 is 1.50 bits per heavy atom. The van der Waals surface area contributed by atoms with Gasteiger partial charge in [-0.2, -0.15) is 5.48 Å². The monoisotopic (exact) mass is 149 g/mol. The van der Waals surface area contributed by atoms with E-state index in [1.165, 1.54) is 20.8 Å². The number of aliphatic hydroxyl groups excluding tert-OH is 2. The molecule has 2 atom stereocenters. The van der Waals surface area contributed by atoms with E-state index in [4.69, 9.17) is 15.4 Å². The van der Waals surface area contributed by atoms with Crippen LogP contribution in [0.3, 0.4) is 0 Å². The Kier molecular flexibility index (Phi) is 3.24. The van der Waals surface area contributed by atoms with E-state index in [0.717, 1.165) is 0 Å². The molecule has 62 valence electrons. The van der Waals surface area contributed by atoms with Gasteiger partial charge in [-0.05, 0) is 20.8 Å². The number of hydroxylamine groups is 1. The molecule has 0 aromatic rings. The van der Waals surface area contributed by atoms with Gasteiger partial charge in [-0.1, -0.05) is 0 Å². The Hall–Kier alpha value is -0.160. The van der Waals surface area contributed by atoms with Gasteiger partial charge in [0.25, 0.3) is 0 Å². The summed E-state index contributed by atoms with van der Waals surface area (Å²) >= 11 is 0. The SMILES string of the molecule is CC(O)C(C)(NO)C(C)O. The third kappa shape index (κ3) is 1.67. The molecule has 0 aliphatic rings. The highest BCUT2D eigenvalue weighted by molar-refractivity contribution is 4.90. The topological polar surface area (TPSA) is 72.7 Å². The van der Waals surface area contributed by atoms with Crippen LogP contribution < -0.4 is 5.48 Å². The molecule has 4 heteroatoms. The van der Waals surface area contributed by atoms with Gasteiger partial charge >= 0.3 is 0 Å². The van der Waals surface area contributed by atoms with Crippen molar-refractivity contribution in [3.05, 3.63) is 0 Å². The number of aliphatic hydroxyl groups is 2. The Morgan fingerprint density at radius 3 is 1.50 bits per heavy atom. The van der Waals surface area contributed by atoms with Crippen LogP contribution in [0.1, 0.15) is 20.8 Å². The molecule has 0 heterocycles. The van der Waals surface area contributed by atoms with Gasteiger partial charge in [-0.25, -0.2) is 0 Å². The first-order valence-corrected chi connectivity index (χ1v) is 3.22. The van der Waals surface area contributed by atoms with Crippen molar-refractivity contribution in [2.45, 2.75) is 38.5 Å². The van der Waals surface area contributed by atoms with E-state index >= 15 is 0 Å². The number of nitrogens with one attached hydrogen (secondary N) is 1. The van der Waals surface area contributed by atoms with Crippen molar-refractivity contribution in [3.63, 3.8) is 0 Å². The zero-order valence-corrected chi connectivity index (χ0v) is 6.50. The van der Waals surface area contributed by atoms with E-state index in [1.54, 1.807) is 0 Å². The fourth-order valence-corrected chi connectivity index (χ4v) is 0.536. The molecule has 10 heavy (non-hydrogen) atoms. The van der Waals surface area contributed by atoms with Crippen LogP contribution in [0.25, 0.3) is 0 Å². The molecule has 0 amide bonds. The molecule has 0 aromatic carbocycles. The predicted molar refractivity (Wildman–Crippen MR) is 36.7 cm³/mol. The minimum atomic E-state index is -1.04. The van der Waals surface area contributed by atoms with Crippen molar-refractivity contribution in [3.8, 4) is 0 Å². The van der Waals surface area contributed by atoms with E-state index in [2.05, 4.69) is 0 Å². The first-order valence-electron chi connectivity index (χ1n) is 3.22. The highest BCUT2D eigenvalue weighted by Gasteiger charge is 2.34. The second-order valence-corrected chi connectivity index (χ2v) is 2.75. The van der Waals surface area contributed by atoms with Crippen LogP contribution in [0.2, 0.25) is 0 Å². The van der Waals surface area contributed by atoms with Gasteiger partial charge in [-0.15, -0.1) is 0 Å². The van der Waals surface area contributed by atoms with Crippen LogP contribution in [-0.4, -0.2) is 33.2 Å². The molecule has 0 fully saturated rings. The highest BCUT2D eigenvalue weighted by Crippen LogP contribution is 2.13. The standard InChI is InChI=1S/C6H15NO3/c1-4(8)6(3,7-10)5(2)9/h4-5,7-10H,1-3H3. The van der Waals surface area contributed by atoms with Gasteiger partial charge in [0.05, 0.1) is 17.7 Å². The van der Waals surface area contributed by atoms with Crippen molar-refractivity contribution < 1.29 is 15.4 Å². The van der Waals surface area contributed by atoms with Crippen LogP contribution in [0.5, 0.6) is 0 Å². The molecule has 2 unspecified atom stereocenters. The van der Waals surface area contributed by atoms with Crippen molar-refractivity contribution in [1.82, 2.24) is 5.48 Å². The summed E-state index contributed by atoms with van der Waals surface area (Å²) in [6.07, 6.45) is -1.62.